The van der Waals surface area contributed by atoms with Gasteiger partial charge in [0.25, 0.3) is 0 Å². The molecule has 0 aromatic heterocycles. The second-order valence-corrected chi connectivity index (χ2v) is 4.40. The monoisotopic (exact) mass is 201 g/mol. The molecule has 88 valence electrons. The maximum atomic E-state index is 2.40. The molecule has 0 unspecified atom stereocenters. The number of hydrogen-bond acceptors (Lipinski definition) is 1. The van der Waals surface area contributed by atoms with E-state index >= 15 is 0 Å². The first-order valence-corrected chi connectivity index (χ1v) is 6.30. The summed E-state index contributed by atoms with van der Waals surface area (Å²) in [5, 5.41) is 0. The second-order valence-electron chi connectivity index (χ2n) is 4.40. The van der Waals surface area contributed by atoms with E-state index in [1.807, 2.05) is 0 Å². The number of rotatable bonds is 0. The van der Waals surface area contributed by atoms with Crippen LogP contribution in [0.2, 0.25) is 0 Å². The van der Waals surface area contributed by atoms with Crippen LogP contribution in [0.15, 0.2) is 0 Å². The highest BCUT2D eigenvalue weighted by Crippen LogP contribution is 2.13. The average molecular weight is 201 g/mol. The van der Waals surface area contributed by atoms with Gasteiger partial charge in [-0.2, -0.15) is 0 Å². The summed E-state index contributed by atoms with van der Waals surface area (Å²) in [6.45, 7) is 13.5. The van der Waals surface area contributed by atoms with Crippen molar-refractivity contribution < 1.29 is 0 Å². The minimum atomic E-state index is 0.978. The largest absolute Gasteiger partial charge is 0.306 e. The van der Waals surface area contributed by atoms with E-state index in [1.165, 1.54) is 38.8 Å². The van der Waals surface area contributed by atoms with E-state index < -0.39 is 0 Å². The molecule has 0 radical (unpaired) electrons. The van der Waals surface area contributed by atoms with Gasteiger partial charge < -0.3 is 4.90 Å². The van der Waals surface area contributed by atoms with Gasteiger partial charge in [-0.1, -0.05) is 47.5 Å². The minimum absolute atomic E-state index is 0.978. The molecule has 1 fully saturated rings. The molecule has 0 spiro atoms. The van der Waals surface area contributed by atoms with E-state index in [0.717, 1.165) is 5.92 Å². The van der Waals surface area contributed by atoms with Gasteiger partial charge in [-0.15, -0.1) is 0 Å². The lowest BCUT2D eigenvalue weighted by molar-refractivity contribution is 0.230. The van der Waals surface area contributed by atoms with E-state index in [0.29, 0.717) is 0 Å². The zero-order valence-corrected chi connectivity index (χ0v) is 11.3. The standard InChI is InChI=1S/C7H15N.2C3H8/c1-7-3-5-8(2)6-4-7;2*1-3-2/h7H,3-6H2,1-2H3;2*3H2,1-2H3. The van der Waals surface area contributed by atoms with Gasteiger partial charge in [0.1, 0.15) is 0 Å². The Kier molecular flexibility index (Phi) is 15.2. The zero-order valence-electron chi connectivity index (χ0n) is 11.3. The Balaban J connectivity index is 0. The Morgan fingerprint density at radius 2 is 1.21 bits per heavy atom. The molecule has 0 amide bonds. The van der Waals surface area contributed by atoms with Crippen molar-refractivity contribution in [2.75, 3.05) is 20.1 Å². The lowest BCUT2D eigenvalue weighted by Crippen LogP contribution is -2.28. The maximum Gasteiger partial charge on any atom is -0.00192 e. The van der Waals surface area contributed by atoms with E-state index in [1.54, 1.807) is 0 Å². The quantitative estimate of drug-likeness (QED) is 0.568. The fourth-order valence-electron chi connectivity index (χ4n) is 1.14. The Labute approximate surface area is 91.9 Å². The van der Waals surface area contributed by atoms with Gasteiger partial charge in [0.15, 0.2) is 0 Å². The van der Waals surface area contributed by atoms with Crippen LogP contribution < -0.4 is 0 Å². The first kappa shape index (κ1) is 16.4. The van der Waals surface area contributed by atoms with Gasteiger partial charge in [-0.3, -0.25) is 0 Å². The molecule has 1 saturated heterocycles. The van der Waals surface area contributed by atoms with Crippen molar-refractivity contribution in [2.45, 2.75) is 60.3 Å². The van der Waals surface area contributed by atoms with E-state index in [2.05, 4.69) is 46.6 Å². The van der Waals surface area contributed by atoms with Crippen LogP contribution >= 0.6 is 0 Å². The second kappa shape index (κ2) is 13.0. The summed E-state index contributed by atoms with van der Waals surface area (Å²) in [4.78, 5) is 2.40. The van der Waals surface area contributed by atoms with Crippen molar-refractivity contribution in [1.29, 1.82) is 0 Å². The molecule has 1 aliphatic heterocycles. The van der Waals surface area contributed by atoms with Crippen LogP contribution in [0.25, 0.3) is 0 Å². The van der Waals surface area contributed by atoms with Crippen LogP contribution in [-0.2, 0) is 0 Å². The molecule has 1 heteroatoms. The maximum absolute atomic E-state index is 2.40. The SMILES string of the molecule is CC1CCN(C)CC1.CCC.CCC. The molecular weight excluding hydrogens is 170 g/mol. The number of piperidine rings is 1. The molecule has 1 heterocycles. The summed E-state index contributed by atoms with van der Waals surface area (Å²) in [6.07, 6.45) is 5.30. The third kappa shape index (κ3) is 14.5. The Morgan fingerprint density at radius 1 is 0.929 bits per heavy atom. The molecule has 0 saturated carbocycles. The summed E-state index contributed by atoms with van der Waals surface area (Å²) in [6, 6.07) is 0. The van der Waals surface area contributed by atoms with Crippen molar-refractivity contribution in [3.8, 4) is 0 Å². The highest BCUT2D eigenvalue weighted by Gasteiger charge is 2.10. The summed E-state index contributed by atoms with van der Waals surface area (Å²) in [7, 11) is 2.20. The van der Waals surface area contributed by atoms with Crippen LogP contribution in [0.4, 0.5) is 0 Å². The summed E-state index contributed by atoms with van der Waals surface area (Å²) in [5.74, 6) is 0.978. The summed E-state index contributed by atoms with van der Waals surface area (Å²) >= 11 is 0. The topological polar surface area (TPSA) is 3.24 Å². The fourth-order valence-corrected chi connectivity index (χ4v) is 1.14. The van der Waals surface area contributed by atoms with Crippen molar-refractivity contribution in [2.24, 2.45) is 5.92 Å². The third-order valence-electron chi connectivity index (χ3n) is 2.01. The lowest BCUT2D eigenvalue weighted by Gasteiger charge is -2.26. The van der Waals surface area contributed by atoms with Crippen molar-refractivity contribution in [3.63, 3.8) is 0 Å². The summed E-state index contributed by atoms with van der Waals surface area (Å²) in [5.41, 5.74) is 0. The minimum Gasteiger partial charge on any atom is -0.306 e. The van der Waals surface area contributed by atoms with Gasteiger partial charge >= 0.3 is 0 Å². The van der Waals surface area contributed by atoms with Crippen molar-refractivity contribution in [3.05, 3.63) is 0 Å². The predicted molar refractivity (Wildman–Crippen MR) is 67.8 cm³/mol. The highest BCUT2D eigenvalue weighted by atomic mass is 15.1. The highest BCUT2D eigenvalue weighted by molar-refractivity contribution is 4.65. The molecule has 1 rings (SSSR count). The molecule has 0 aliphatic carbocycles. The lowest BCUT2D eigenvalue weighted by atomic mass is 10.00. The number of nitrogens with zero attached hydrogens (tertiary/aromatic N) is 1. The van der Waals surface area contributed by atoms with Crippen LogP contribution in [0, 0.1) is 5.92 Å². The molecule has 0 aromatic rings. The van der Waals surface area contributed by atoms with Crippen LogP contribution in [-0.4, -0.2) is 25.0 Å². The Hall–Kier alpha value is -0.0400. The van der Waals surface area contributed by atoms with E-state index in [9.17, 15) is 0 Å². The van der Waals surface area contributed by atoms with Crippen LogP contribution in [0.5, 0.6) is 0 Å². The molecule has 0 bridgehead atoms. The molecule has 1 aliphatic rings. The van der Waals surface area contributed by atoms with Gasteiger partial charge in [0.2, 0.25) is 0 Å². The van der Waals surface area contributed by atoms with E-state index in [-0.39, 0.29) is 0 Å². The first-order chi connectivity index (χ1) is 6.62. The van der Waals surface area contributed by atoms with E-state index in [4.69, 9.17) is 0 Å². The van der Waals surface area contributed by atoms with Crippen LogP contribution in [0.1, 0.15) is 60.3 Å². The Morgan fingerprint density at radius 3 is 1.43 bits per heavy atom. The van der Waals surface area contributed by atoms with Gasteiger partial charge in [-0.25, -0.2) is 0 Å². The van der Waals surface area contributed by atoms with Gasteiger partial charge in [-0.05, 0) is 38.9 Å². The molecule has 0 aromatic carbocycles. The van der Waals surface area contributed by atoms with Crippen molar-refractivity contribution in [1.82, 2.24) is 4.90 Å². The third-order valence-corrected chi connectivity index (χ3v) is 2.01. The molecule has 14 heavy (non-hydrogen) atoms. The molecule has 1 nitrogen and oxygen atoms in total. The molecule has 0 atom stereocenters. The number of likely N-dealkylation sites (tertiary alicyclic amines) is 1. The zero-order chi connectivity index (χ0) is 11.4. The Bertz CT molecular complexity index is 71.2. The van der Waals surface area contributed by atoms with Crippen molar-refractivity contribution >= 4 is 0 Å². The summed E-state index contributed by atoms with van der Waals surface area (Å²) < 4.78 is 0. The smallest absolute Gasteiger partial charge is 0.00192 e. The fraction of sp³-hybridized carbons (Fsp3) is 1.00. The van der Waals surface area contributed by atoms with Crippen LogP contribution in [0.3, 0.4) is 0 Å². The molecular formula is C13H31N. The van der Waals surface area contributed by atoms with Gasteiger partial charge in [0, 0.05) is 0 Å². The number of hydrogen-bond donors (Lipinski definition) is 0. The molecule has 0 N–H and O–H groups in total. The first-order valence-electron chi connectivity index (χ1n) is 6.30. The average Bonchev–Trinajstić information content (AvgIpc) is 2.13. The normalized spacial score (nSPS) is 17.6. The predicted octanol–water partition coefficient (Wildman–Crippen LogP) is 4.18. The van der Waals surface area contributed by atoms with Gasteiger partial charge in [0.05, 0.1) is 0 Å².